The fourth-order valence-electron chi connectivity index (χ4n) is 2.74. The number of alkyl halides is 2. The molecule has 10 heteroatoms. The molecule has 2 N–H and O–H groups in total. The van der Waals surface area contributed by atoms with Gasteiger partial charge < -0.3 is 10.6 Å². The van der Waals surface area contributed by atoms with Crippen molar-refractivity contribution in [2.75, 3.05) is 18.4 Å². The van der Waals surface area contributed by atoms with Crippen molar-refractivity contribution in [3.63, 3.8) is 0 Å². The van der Waals surface area contributed by atoms with E-state index in [0.717, 1.165) is 11.4 Å². The number of carbonyl (C=O) groups excluding carboxylic acids is 1. The normalized spacial score (nSPS) is 10.9. The Morgan fingerprint density at radius 1 is 1.17 bits per heavy atom. The first kappa shape index (κ1) is 20.7. The summed E-state index contributed by atoms with van der Waals surface area (Å²) in [6, 6.07) is 10.0. The SMILES string of the molecule is Cc1cc(C)n(-c2cc(NCCNC(=O)c3ccccc3SC(F)F)ncn2)n1. The number of benzene rings is 1. The van der Waals surface area contributed by atoms with Crippen LogP contribution in [0.5, 0.6) is 0 Å². The van der Waals surface area contributed by atoms with Crippen molar-refractivity contribution >= 4 is 23.5 Å². The summed E-state index contributed by atoms with van der Waals surface area (Å²) in [4.78, 5) is 20.9. The number of aryl methyl sites for hydroxylation is 2. The fourth-order valence-corrected chi connectivity index (χ4v) is 3.37. The lowest BCUT2D eigenvalue weighted by Gasteiger charge is -2.11. The number of carbonyl (C=O) groups is 1. The van der Waals surface area contributed by atoms with E-state index in [2.05, 4.69) is 25.7 Å². The average Bonchev–Trinajstić information content (AvgIpc) is 3.03. The number of thioether (sulfide) groups is 1. The van der Waals surface area contributed by atoms with E-state index in [1.165, 1.54) is 18.5 Å². The predicted octanol–water partition coefficient (Wildman–Crippen LogP) is 3.44. The van der Waals surface area contributed by atoms with Crippen LogP contribution in [0, 0.1) is 13.8 Å². The lowest BCUT2D eigenvalue weighted by atomic mass is 10.2. The molecule has 3 rings (SSSR count). The standard InChI is InChI=1S/C19H20F2N6OS/c1-12-9-13(2)27(26-12)17-10-16(24-11-25-17)22-7-8-23-18(28)14-5-3-4-6-15(14)29-19(20)21/h3-6,9-11,19H,7-8H2,1-2H3,(H,23,28)(H,22,24,25). The van der Waals surface area contributed by atoms with E-state index in [1.54, 1.807) is 22.9 Å². The quantitative estimate of drug-likeness (QED) is 0.431. The molecule has 7 nitrogen and oxygen atoms in total. The lowest BCUT2D eigenvalue weighted by Crippen LogP contribution is -2.29. The number of halogens is 2. The van der Waals surface area contributed by atoms with Crippen molar-refractivity contribution in [1.29, 1.82) is 0 Å². The van der Waals surface area contributed by atoms with E-state index < -0.39 is 11.7 Å². The van der Waals surface area contributed by atoms with E-state index in [9.17, 15) is 13.6 Å². The summed E-state index contributed by atoms with van der Waals surface area (Å²) in [7, 11) is 0. The van der Waals surface area contributed by atoms with Crippen molar-refractivity contribution < 1.29 is 13.6 Å². The highest BCUT2D eigenvalue weighted by Crippen LogP contribution is 2.28. The molecule has 0 aliphatic heterocycles. The minimum Gasteiger partial charge on any atom is -0.368 e. The van der Waals surface area contributed by atoms with Gasteiger partial charge in [0.15, 0.2) is 5.82 Å². The Morgan fingerprint density at radius 3 is 2.69 bits per heavy atom. The molecule has 2 heterocycles. The van der Waals surface area contributed by atoms with E-state index in [1.807, 2.05) is 19.9 Å². The third kappa shape index (κ3) is 5.50. The van der Waals surface area contributed by atoms with Gasteiger partial charge in [-0.2, -0.15) is 13.9 Å². The molecule has 1 amide bonds. The summed E-state index contributed by atoms with van der Waals surface area (Å²) in [6.07, 6.45) is 1.44. The van der Waals surface area contributed by atoms with Gasteiger partial charge in [-0.15, -0.1) is 0 Å². The summed E-state index contributed by atoms with van der Waals surface area (Å²) < 4.78 is 27.0. The molecule has 2 aromatic heterocycles. The number of aromatic nitrogens is 4. The zero-order valence-corrected chi connectivity index (χ0v) is 16.7. The van der Waals surface area contributed by atoms with Crippen molar-refractivity contribution in [2.24, 2.45) is 0 Å². The number of nitrogens with zero attached hydrogens (tertiary/aromatic N) is 4. The van der Waals surface area contributed by atoms with Crippen LogP contribution in [0.25, 0.3) is 5.82 Å². The van der Waals surface area contributed by atoms with Crippen molar-refractivity contribution in [1.82, 2.24) is 25.1 Å². The van der Waals surface area contributed by atoms with Crippen LogP contribution in [0.2, 0.25) is 0 Å². The van der Waals surface area contributed by atoms with E-state index in [4.69, 9.17) is 0 Å². The van der Waals surface area contributed by atoms with Gasteiger partial charge in [-0.25, -0.2) is 14.6 Å². The first-order valence-electron chi connectivity index (χ1n) is 8.85. The third-order valence-corrected chi connectivity index (χ3v) is 4.73. The van der Waals surface area contributed by atoms with Crippen molar-refractivity contribution in [3.05, 3.63) is 59.7 Å². The maximum Gasteiger partial charge on any atom is 0.288 e. The van der Waals surface area contributed by atoms with Crippen molar-refractivity contribution in [3.8, 4) is 5.82 Å². The predicted molar refractivity (Wildman–Crippen MR) is 108 cm³/mol. The average molecular weight is 418 g/mol. The largest absolute Gasteiger partial charge is 0.368 e. The highest BCUT2D eigenvalue weighted by Gasteiger charge is 2.14. The van der Waals surface area contributed by atoms with Crippen LogP contribution >= 0.6 is 11.8 Å². The van der Waals surface area contributed by atoms with Crippen LogP contribution in [0.1, 0.15) is 21.7 Å². The molecule has 29 heavy (non-hydrogen) atoms. The van der Waals surface area contributed by atoms with Crippen LogP contribution in [0.15, 0.2) is 47.6 Å². The molecule has 0 saturated heterocycles. The van der Waals surface area contributed by atoms with Gasteiger partial charge in [0.25, 0.3) is 11.7 Å². The minimum absolute atomic E-state index is 0.228. The van der Waals surface area contributed by atoms with Crippen LogP contribution in [0.3, 0.4) is 0 Å². The Hall–Kier alpha value is -3.01. The molecule has 0 fully saturated rings. The molecule has 0 radical (unpaired) electrons. The molecule has 152 valence electrons. The molecule has 0 atom stereocenters. The first-order valence-corrected chi connectivity index (χ1v) is 9.73. The van der Waals surface area contributed by atoms with Crippen LogP contribution in [-0.2, 0) is 0 Å². The Bertz CT molecular complexity index is 994. The Morgan fingerprint density at radius 2 is 1.97 bits per heavy atom. The van der Waals surface area contributed by atoms with Gasteiger partial charge in [-0.3, -0.25) is 4.79 Å². The van der Waals surface area contributed by atoms with Gasteiger partial charge in [0.1, 0.15) is 12.1 Å². The Labute approximate surface area is 170 Å². The smallest absolute Gasteiger partial charge is 0.288 e. The lowest BCUT2D eigenvalue weighted by molar-refractivity contribution is 0.0952. The Kier molecular flexibility index (Phi) is 6.76. The fraction of sp³-hybridized carbons (Fsp3) is 0.263. The molecule has 0 aliphatic carbocycles. The maximum absolute atomic E-state index is 12.6. The molecule has 0 spiro atoms. The maximum atomic E-state index is 12.6. The van der Waals surface area contributed by atoms with E-state index in [-0.39, 0.29) is 10.5 Å². The van der Waals surface area contributed by atoms with Crippen LogP contribution in [0.4, 0.5) is 14.6 Å². The van der Waals surface area contributed by atoms with Gasteiger partial charge in [-0.1, -0.05) is 23.9 Å². The van der Waals surface area contributed by atoms with Gasteiger partial charge in [0, 0.05) is 29.7 Å². The third-order valence-electron chi connectivity index (χ3n) is 3.94. The topological polar surface area (TPSA) is 84.7 Å². The molecular weight excluding hydrogens is 398 g/mol. The Balaban J connectivity index is 1.56. The number of rotatable bonds is 8. The number of nitrogens with one attached hydrogen (secondary N) is 2. The molecule has 1 aromatic carbocycles. The summed E-state index contributed by atoms with van der Waals surface area (Å²) in [5, 5.41) is 10.2. The zero-order chi connectivity index (χ0) is 20.8. The van der Waals surface area contributed by atoms with Crippen LogP contribution < -0.4 is 10.6 Å². The molecule has 0 aliphatic rings. The number of anilines is 1. The van der Waals surface area contributed by atoms with Gasteiger partial charge in [-0.05, 0) is 32.0 Å². The molecule has 0 unspecified atom stereocenters. The monoisotopic (exact) mass is 418 g/mol. The first-order chi connectivity index (χ1) is 13.9. The summed E-state index contributed by atoms with van der Waals surface area (Å²) in [5.41, 5.74) is 2.08. The molecule has 0 bridgehead atoms. The second-order valence-corrected chi connectivity index (χ2v) is 7.19. The highest BCUT2D eigenvalue weighted by atomic mass is 32.2. The van der Waals surface area contributed by atoms with Gasteiger partial charge in [0.2, 0.25) is 0 Å². The van der Waals surface area contributed by atoms with Gasteiger partial charge in [0.05, 0.1) is 11.3 Å². The number of amides is 1. The van der Waals surface area contributed by atoms with Crippen molar-refractivity contribution in [2.45, 2.75) is 24.5 Å². The summed E-state index contributed by atoms with van der Waals surface area (Å²) in [5.74, 6) is -1.76. The number of hydrogen-bond donors (Lipinski definition) is 2. The second kappa shape index (κ2) is 9.46. The second-order valence-electron chi connectivity index (χ2n) is 6.16. The summed E-state index contributed by atoms with van der Waals surface area (Å²) in [6.45, 7) is 4.55. The van der Waals surface area contributed by atoms with E-state index in [0.29, 0.717) is 36.5 Å². The van der Waals surface area contributed by atoms with Gasteiger partial charge >= 0.3 is 0 Å². The van der Waals surface area contributed by atoms with Crippen LogP contribution in [-0.4, -0.2) is 44.5 Å². The highest BCUT2D eigenvalue weighted by molar-refractivity contribution is 7.99. The van der Waals surface area contributed by atoms with E-state index >= 15 is 0 Å². The summed E-state index contributed by atoms with van der Waals surface area (Å²) >= 11 is 0.357. The minimum atomic E-state index is -2.58. The number of hydrogen-bond acceptors (Lipinski definition) is 6. The molecule has 3 aromatic rings. The zero-order valence-electron chi connectivity index (χ0n) is 15.9. The molecule has 0 saturated carbocycles. The molecular formula is C19H20F2N6OS.